The molecule has 1 fully saturated rings. The summed E-state index contributed by atoms with van der Waals surface area (Å²) in [6.45, 7) is 2.98. The lowest BCUT2D eigenvalue weighted by Gasteiger charge is -2.21. The van der Waals surface area contributed by atoms with Gasteiger partial charge in [0.2, 0.25) is 0 Å². The number of carbonyl (C=O) groups is 1. The fraction of sp³-hybridized carbons (Fsp3) is 0.750. The van der Waals surface area contributed by atoms with Gasteiger partial charge in [-0.25, -0.2) is 0 Å². The van der Waals surface area contributed by atoms with Gasteiger partial charge < -0.3 is 9.67 Å². The summed E-state index contributed by atoms with van der Waals surface area (Å²) in [7, 11) is 0. The second-order valence-corrected chi connectivity index (χ2v) is 6.78. The molecule has 106 valence electrons. The second-order valence-electron chi connectivity index (χ2n) is 4.53. The predicted octanol–water partition coefficient (Wildman–Crippen LogP) is 2.82. The summed E-state index contributed by atoms with van der Waals surface area (Å²) >= 11 is 3.21. The molecule has 0 aliphatic carbocycles. The van der Waals surface area contributed by atoms with Crippen molar-refractivity contribution in [3.63, 3.8) is 0 Å². The Bertz CT molecular complexity index is 431. The first-order valence-electron chi connectivity index (χ1n) is 6.61. The molecule has 1 unspecified atom stereocenters. The van der Waals surface area contributed by atoms with Gasteiger partial charge in [-0.15, -0.1) is 10.2 Å². The normalized spacial score (nSPS) is 19.5. The van der Waals surface area contributed by atoms with E-state index in [0.717, 1.165) is 30.4 Å². The summed E-state index contributed by atoms with van der Waals surface area (Å²) in [6, 6.07) is 0. The van der Waals surface area contributed by atoms with Crippen LogP contribution in [0, 0.1) is 0 Å². The maximum absolute atomic E-state index is 10.7. The molecule has 0 aromatic carbocycles. The third-order valence-corrected chi connectivity index (χ3v) is 5.31. The largest absolute Gasteiger partial charge is 0.481 e. The molecule has 1 saturated heterocycles. The van der Waals surface area contributed by atoms with Crippen LogP contribution < -0.4 is 0 Å². The highest BCUT2D eigenvalue weighted by atomic mass is 32.2. The monoisotopic (exact) mass is 301 g/mol. The smallest absolute Gasteiger partial charge is 0.313 e. The molecular formula is C12H19N3O2S2. The number of carboxylic acid groups (broad SMARTS) is 1. The summed E-state index contributed by atoms with van der Waals surface area (Å²) in [5.41, 5.74) is 0. The molecule has 2 rings (SSSR count). The van der Waals surface area contributed by atoms with Gasteiger partial charge in [-0.1, -0.05) is 25.1 Å². The van der Waals surface area contributed by atoms with E-state index in [9.17, 15) is 4.79 Å². The van der Waals surface area contributed by atoms with Gasteiger partial charge >= 0.3 is 5.97 Å². The highest BCUT2D eigenvalue weighted by Gasteiger charge is 2.23. The van der Waals surface area contributed by atoms with Crippen LogP contribution in [0.2, 0.25) is 0 Å². The van der Waals surface area contributed by atoms with Gasteiger partial charge in [0, 0.05) is 6.54 Å². The number of rotatable bonds is 6. The third kappa shape index (κ3) is 3.89. The molecule has 1 aliphatic heterocycles. The maximum Gasteiger partial charge on any atom is 0.313 e. The van der Waals surface area contributed by atoms with E-state index >= 15 is 0 Å². The zero-order valence-electron chi connectivity index (χ0n) is 11.0. The average Bonchev–Trinajstić information content (AvgIpc) is 2.81. The highest BCUT2D eigenvalue weighted by molar-refractivity contribution is 8.00. The maximum atomic E-state index is 10.7. The second kappa shape index (κ2) is 7.19. The number of nitrogens with zero attached hydrogens (tertiary/aromatic N) is 3. The molecule has 1 aromatic heterocycles. The highest BCUT2D eigenvalue weighted by Crippen LogP contribution is 2.38. The molecule has 0 saturated carbocycles. The van der Waals surface area contributed by atoms with Crippen LogP contribution in [0.4, 0.5) is 0 Å². The minimum Gasteiger partial charge on any atom is -0.481 e. The summed E-state index contributed by atoms with van der Waals surface area (Å²) < 4.78 is 2.11. The van der Waals surface area contributed by atoms with Crippen LogP contribution in [0.25, 0.3) is 0 Å². The number of carboxylic acids is 1. The fourth-order valence-corrected chi connectivity index (χ4v) is 4.15. The Labute approximate surface area is 121 Å². The van der Waals surface area contributed by atoms with Crippen LogP contribution >= 0.6 is 23.5 Å². The molecule has 1 atom stereocenters. The third-order valence-electron chi connectivity index (χ3n) is 2.99. The van der Waals surface area contributed by atoms with E-state index in [1.807, 2.05) is 11.8 Å². The molecule has 5 nitrogen and oxygen atoms in total. The first-order chi connectivity index (χ1) is 9.22. The average molecular weight is 301 g/mol. The van der Waals surface area contributed by atoms with Crippen LogP contribution in [0.15, 0.2) is 5.16 Å². The Balaban J connectivity index is 2.15. The first-order valence-corrected chi connectivity index (χ1v) is 8.65. The zero-order chi connectivity index (χ0) is 13.7. The summed E-state index contributed by atoms with van der Waals surface area (Å²) in [6.07, 6.45) is 4.68. The molecule has 19 heavy (non-hydrogen) atoms. The molecule has 0 amide bonds. The van der Waals surface area contributed by atoms with Crippen LogP contribution in [0.3, 0.4) is 0 Å². The van der Waals surface area contributed by atoms with E-state index in [0.29, 0.717) is 5.25 Å². The summed E-state index contributed by atoms with van der Waals surface area (Å²) in [4.78, 5) is 10.7. The lowest BCUT2D eigenvalue weighted by molar-refractivity contribution is -0.133. The molecule has 0 spiro atoms. The van der Waals surface area contributed by atoms with Gasteiger partial charge in [0.05, 0.1) is 11.0 Å². The molecule has 1 N–H and O–H groups in total. The van der Waals surface area contributed by atoms with E-state index in [1.165, 1.54) is 30.4 Å². The Morgan fingerprint density at radius 3 is 3.00 bits per heavy atom. The van der Waals surface area contributed by atoms with Crippen LogP contribution in [0.1, 0.15) is 43.7 Å². The van der Waals surface area contributed by atoms with Gasteiger partial charge in [0.25, 0.3) is 0 Å². The van der Waals surface area contributed by atoms with Crippen molar-refractivity contribution in [1.29, 1.82) is 0 Å². The van der Waals surface area contributed by atoms with Gasteiger partial charge in [-0.3, -0.25) is 4.79 Å². The molecule has 2 heterocycles. The quantitative estimate of drug-likeness (QED) is 0.815. The molecule has 7 heteroatoms. The Morgan fingerprint density at radius 1 is 1.53 bits per heavy atom. The number of hydrogen-bond acceptors (Lipinski definition) is 5. The molecular weight excluding hydrogens is 282 g/mol. The first kappa shape index (κ1) is 14.7. The number of thioether (sulfide) groups is 2. The van der Waals surface area contributed by atoms with Crippen molar-refractivity contribution >= 4 is 29.5 Å². The van der Waals surface area contributed by atoms with Crippen molar-refractivity contribution in [2.24, 2.45) is 0 Å². The molecule has 1 aliphatic rings. The van der Waals surface area contributed by atoms with E-state index < -0.39 is 5.97 Å². The minimum absolute atomic E-state index is 0.0413. The Morgan fingerprint density at radius 2 is 2.37 bits per heavy atom. The standard InChI is InChI=1S/C12H19N3O2S2/c1-2-6-15-11(9-5-3-4-7-18-9)13-14-12(15)19-8-10(16)17/h9H,2-8H2,1H3,(H,16,17). The molecule has 0 radical (unpaired) electrons. The van der Waals surface area contributed by atoms with Crippen molar-refractivity contribution in [1.82, 2.24) is 14.8 Å². The van der Waals surface area contributed by atoms with Crippen LogP contribution in [-0.4, -0.2) is 37.3 Å². The number of aromatic nitrogens is 3. The van der Waals surface area contributed by atoms with Gasteiger partial charge in [-0.2, -0.15) is 11.8 Å². The lowest BCUT2D eigenvalue weighted by Crippen LogP contribution is -2.11. The van der Waals surface area contributed by atoms with E-state index in [4.69, 9.17) is 5.11 Å². The van der Waals surface area contributed by atoms with Crippen molar-refractivity contribution in [2.45, 2.75) is 49.6 Å². The van der Waals surface area contributed by atoms with Crippen molar-refractivity contribution in [3.05, 3.63) is 5.82 Å². The predicted molar refractivity (Wildman–Crippen MR) is 77.7 cm³/mol. The minimum atomic E-state index is -0.815. The summed E-state index contributed by atoms with van der Waals surface area (Å²) in [5.74, 6) is 1.44. The topological polar surface area (TPSA) is 68.0 Å². The Hall–Kier alpha value is -0.690. The Kier molecular flexibility index (Phi) is 5.57. The zero-order valence-corrected chi connectivity index (χ0v) is 12.7. The molecule has 1 aromatic rings. The summed E-state index contributed by atoms with van der Waals surface area (Å²) in [5, 5.41) is 18.4. The van der Waals surface area contributed by atoms with E-state index in [-0.39, 0.29) is 5.75 Å². The molecule has 0 bridgehead atoms. The van der Waals surface area contributed by atoms with E-state index in [2.05, 4.69) is 21.7 Å². The fourth-order valence-electron chi connectivity index (χ4n) is 2.15. The van der Waals surface area contributed by atoms with Gasteiger partial charge in [0.15, 0.2) is 5.16 Å². The van der Waals surface area contributed by atoms with Crippen molar-refractivity contribution in [2.75, 3.05) is 11.5 Å². The lowest BCUT2D eigenvalue weighted by atomic mass is 10.2. The van der Waals surface area contributed by atoms with Crippen molar-refractivity contribution in [3.8, 4) is 0 Å². The number of hydrogen-bond donors (Lipinski definition) is 1. The number of aliphatic carboxylic acids is 1. The SMILES string of the molecule is CCCn1c(SCC(=O)O)nnc1C1CCCCS1. The van der Waals surface area contributed by atoms with Gasteiger partial charge in [0.1, 0.15) is 5.82 Å². The van der Waals surface area contributed by atoms with Crippen molar-refractivity contribution < 1.29 is 9.90 Å². The van der Waals surface area contributed by atoms with E-state index in [1.54, 1.807) is 0 Å². The van der Waals surface area contributed by atoms with Gasteiger partial charge in [-0.05, 0) is 25.0 Å². The van der Waals surface area contributed by atoms with Crippen LogP contribution in [0.5, 0.6) is 0 Å². The van der Waals surface area contributed by atoms with Crippen LogP contribution in [-0.2, 0) is 11.3 Å².